The van der Waals surface area contributed by atoms with E-state index < -0.39 is 41.2 Å². The lowest BCUT2D eigenvalue weighted by atomic mass is 10.1. The molecule has 1 heterocycles. The highest BCUT2D eigenvalue weighted by molar-refractivity contribution is 5.94. The molecule has 23 heavy (non-hydrogen) atoms. The number of nitrogens with zero attached hydrogens (tertiary/aromatic N) is 2. The minimum Gasteiger partial charge on any atom is -0.480 e. The van der Waals surface area contributed by atoms with Crippen molar-refractivity contribution in [3.8, 4) is 0 Å². The molecular formula is C15H18F2N2O4. The van der Waals surface area contributed by atoms with Crippen molar-refractivity contribution in [1.29, 1.82) is 0 Å². The first-order valence-electron chi connectivity index (χ1n) is 7.05. The Morgan fingerprint density at radius 3 is 2.57 bits per heavy atom. The predicted octanol–water partition coefficient (Wildman–Crippen LogP) is 0.475. The number of benzene rings is 1. The highest BCUT2D eigenvalue weighted by Gasteiger charge is 2.37. The highest BCUT2D eigenvalue weighted by atomic mass is 19.1. The fourth-order valence-electron chi connectivity index (χ4n) is 2.68. The van der Waals surface area contributed by atoms with Crippen LogP contribution >= 0.6 is 0 Å². The van der Waals surface area contributed by atoms with Gasteiger partial charge < -0.3 is 15.1 Å². The summed E-state index contributed by atoms with van der Waals surface area (Å²) in [7, 11) is 1.52. The lowest BCUT2D eigenvalue weighted by Crippen LogP contribution is -2.43. The molecule has 0 unspecified atom stereocenters. The van der Waals surface area contributed by atoms with Crippen LogP contribution in [0.1, 0.15) is 15.9 Å². The van der Waals surface area contributed by atoms with E-state index in [0.717, 1.165) is 12.1 Å². The Morgan fingerprint density at radius 2 is 1.96 bits per heavy atom. The predicted molar refractivity (Wildman–Crippen MR) is 77.1 cm³/mol. The number of β-amino-alcohol motifs (C(OH)–C–C–N with tert-alkyl or cyclic N) is 1. The van der Waals surface area contributed by atoms with Crippen molar-refractivity contribution in [2.45, 2.75) is 19.1 Å². The molecule has 2 N–H and O–H groups in total. The number of halogens is 2. The number of hydrogen-bond donors (Lipinski definition) is 2. The van der Waals surface area contributed by atoms with Crippen molar-refractivity contribution < 1.29 is 28.6 Å². The molecule has 0 aromatic heterocycles. The number of carbonyl (C=O) groups is 2. The fourth-order valence-corrected chi connectivity index (χ4v) is 2.68. The van der Waals surface area contributed by atoms with E-state index in [1.807, 2.05) is 0 Å². The number of carbonyl (C=O) groups excluding carboxylic acids is 1. The van der Waals surface area contributed by atoms with Crippen LogP contribution < -0.4 is 0 Å². The zero-order valence-corrected chi connectivity index (χ0v) is 12.8. The van der Waals surface area contributed by atoms with E-state index >= 15 is 0 Å². The Balaban J connectivity index is 2.16. The average Bonchev–Trinajstić information content (AvgIpc) is 2.83. The molecule has 0 spiro atoms. The SMILES string of the molecule is Cc1cc(F)c(C(=O)N2C[C@@H](O)[C@@H](N(C)CC(=O)O)C2)cc1F. The molecule has 1 aromatic rings. The Morgan fingerprint density at radius 1 is 1.30 bits per heavy atom. The normalized spacial score (nSPS) is 21.0. The third-order valence-electron chi connectivity index (χ3n) is 3.98. The first-order chi connectivity index (χ1) is 10.7. The molecule has 8 heteroatoms. The van der Waals surface area contributed by atoms with Crippen LogP contribution in [0.25, 0.3) is 0 Å². The molecule has 1 fully saturated rings. The molecule has 2 atom stereocenters. The van der Waals surface area contributed by atoms with Gasteiger partial charge in [-0.05, 0) is 31.7 Å². The average molecular weight is 328 g/mol. The summed E-state index contributed by atoms with van der Waals surface area (Å²) in [4.78, 5) is 25.7. The van der Waals surface area contributed by atoms with Crippen molar-refractivity contribution in [3.05, 3.63) is 34.9 Å². The van der Waals surface area contributed by atoms with Gasteiger partial charge in [-0.1, -0.05) is 0 Å². The molecule has 126 valence electrons. The number of aliphatic hydroxyl groups excluding tert-OH is 1. The van der Waals surface area contributed by atoms with Crippen LogP contribution in [0.3, 0.4) is 0 Å². The van der Waals surface area contributed by atoms with Gasteiger partial charge in [0.05, 0.1) is 24.3 Å². The summed E-state index contributed by atoms with van der Waals surface area (Å²) >= 11 is 0. The monoisotopic (exact) mass is 328 g/mol. The van der Waals surface area contributed by atoms with Crippen molar-refractivity contribution in [1.82, 2.24) is 9.80 Å². The molecule has 1 aliphatic heterocycles. The van der Waals surface area contributed by atoms with Gasteiger partial charge in [-0.15, -0.1) is 0 Å². The van der Waals surface area contributed by atoms with Crippen LogP contribution in [0.4, 0.5) is 8.78 Å². The lowest BCUT2D eigenvalue weighted by Gasteiger charge is -2.24. The van der Waals surface area contributed by atoms with Gasteiger partial charge in [0, 0.05) is 13.1 Å². The molecule has 1 aromatic carbocycles. The molecular weight excluding hydrogens is 310 g/mol. The second-order valence-electron chi connectivity index (χ2n) is 5.73. The number of aryl methyl sites for hydroxylation is 1. The molecule has 1 amide bonds. The molecule has 6 nitrogen and oxygen atoms in total. The number of hydrogen-bond acceptors (Lipinski definition) is 4. The summed E-state index contributed by atoms with van der Waals surface area (Å²) in [6, 6.07) is 1.21. The van der Waals surface area contributed by atoms with Gasteiger partial charge in [0.15, 0.2) is 0 Å². The smallest absolute Gasteiger partial charge is 0.317 e. The number of aliphatic hydroxyl groups is 1. The van der Waals surface area contributed by atoms with E-state index in [0.29, 0.717) is 0 Å². The van der Waals surface area contributed by atoms with E-state index in [1.54, 1.807) is 0 Å². The Labute approximate surface area is 131 Å². The number of likely N-dealkylation sites (tertiary alicyclic amines) is 1. The molecule has 2 rings (SSSR count). The molecule has 1 aliphatic rings. The number of carboxylic acids is 1. The van der Waals surface area contributed by atoms with Gasteiger partial charge in [0.25, 0.3) is 5.91 Å². The van der Waals surface area contributed by atoms with Gasteiger partial charge in [0.2, 0.25) is 0 Å². The van der Waals surface area contributed by atoms with E-state index in [1.165, 1.54) is 23.8 Å². The quantitative estimate of drug-likeness (QED) is 0.840. The standard InChI is InChI=1S/C15H18F2N2O4/c1-8-3-11(17)9(4-10(8)16)15(23)19-5-12(13(20)6-19)18(2)7-14(21)22/h3-4,12-13,20H,5-7H2,1-2H3,(H,21,22)/t12-,13+/m0/s1. The van der Waals surface area contributed by atoms with Crippen LogP contribution in [0, 0.1) is 18.6 Å². The zero-order chi connectivity index (χ0) is 17.3. The number of amides is 1. The van der Waals surface area contributed by atoms with E-state index in [-0.39, 0.29) is 25.2 Å². The van der Waals surface area contributed by atoms with Gasteiger partial charge >= 0.3 is 5.97 Å². The summed E-state index contributed by atoms with van der Waals surface area (Å²) in [5.74, 6) is -3.30. The van der Waals surface area contributed by atoms with E-state index in [2.05, 4.69) is 0 Å². The summed E-state index contributed by atoms with van der Waals surface area (Å²) < 4.78 is 27.5. The second kappa shape index (κ2) is 6.59. The topological polar surface area (TPSA) is 81.1 Å². The minimum absolute atomic E-state index is 0.0404. The largest absolute Gasteiger partial charge is 0.480 e. The molecule has 0 radical (unpaired) electrons. The Hall–Kier alpha value is -2.06. The van der Waals surface area contributed by atoms with E-state index in [4.69, 9.17) is 5.11 Å². The molecule has 0 bridgehead atoms. The van der Waals surface area contributed by atoms with Gasteiger partial charge in [-0.2, -0.15) is 0 Å². The maximum Gasteiger partial charge on any atom is 0.317 e. The Bertz CT molecular complexity index is 638. The molecule has 0 aliphatic carbocycles. The summed E-state index contributed by atoms with van der Waals surface area (Å²) in [5.41, 5.74) is -0.304. The van der Waals surface area contributed by atoms with Crippen LogP contribution in [0.2, 0.25) is 0 Å². The molecule has 0 saturated carbocycles. The summed E-state index contributed by atoms with van der Waals surface area (Å²) in [5, 5.41) is 18.8. The van der Waals surface area contributed by atoms with Gasteiger partial charge in [-0.25, -0.2) is 8.78 Å². The number of likely N-dealkylation sites (N-methyl/N-ethyl adjacent to an activating group) is 1. The van der Waals surface area contributed by atoms with Gasteiger partial charge in [-0.3, -0.25) is 14.5 Å². The first-order valence-corrected chi connectivity index (χ1v) is 7.05. The van der Waals surface area contributed by atoms with Crippen LogP contribution in [0.5, 0.6) is 0 Å². The highest BCUT2D eigenvalue weighted by Crippen LogP contribution is 2.21. The van der Waals surface area contributed by atoms with Crippen LogP contribution in [-0.2, 0) is 4.79 Å². The van der Waals surface area contributed by atoms with E-state index in [9.17, 15) is 23.5 Å². The maximum absolute atomic E-state index is 13.9. The Kier molecular flexibility index (Phi) is 4.96. The van der Waals surface area contributed by atoms with Crippen molar-refractivity contribution in [3.63, 3.8) is 0 Å². The number of rotatable bonds is 4. The maximum atomic E-state index is 13.9. The third-order valence-corrected chi connectivity index (χ3v) is 3.98. The van der Waals surface area contributed by atoms with Crippen molar-refractivity contribution in [2.75, 3.05) is 26.7 Å². The summed E-state index contributed by atoms with van der Waals surface area (Å²) in [6.45, 7) is 1.07. The number of carboxylic acid groups (broad SMARTS) is 1. The van der Waals surface area contributed by atoms with Gasteiger partial charge in [0.1, 0.15) is 11.6 Å². The first kappa shape index (κ1) is 17.3. The second-order valence-corrected chi connectivity index (χ2v) is 5.73. The minimum atomic E-state index is -1.06. The number of aliphatic carboxylic acids is 1. The van der Waals surface area contributed by atoms with Crippen LogP contribution in [-0.4, -0.2) is 70.7 Å². The third kappa shape index (κ3) is 3.65. The molecule has 1 saturated heterocycles. The summed E-state index contributed by atoms with van der Waals surface area (Å²) in [6.07, 6.45) is -0.957. The van der Waals surface area contributed by atoms with Crippen molar-refractivity contribution in [2.24, 2.45) is 0 Å². The lowest BCUT2D eigenvalue weighted by molar-refractivity contribution is -0.138. The zero-order valence-electron chi connectivity index (χ0n) is 12.8. The van der Waals surface area contributed by atoms with Crippen molar-refractivity contribution >= 4 is 11.9 Å². The van der Waals surface area contributed by atoms with Crippen LogP contribution in [0.15, 0.2) is 12.1 Å². The fraction of sp³-hybridized carbons (Fsp3) is 0.467.